The van der Waals surface area contributed by atoms with Crippen LogP contribution in [0.4, 0.5) is 0 Å². The van der Waals surface area contributed by atoms with Crippen molar-refractivity contribution in [1.29, 1.82) is 0 Å². The predicted octanol–water partition coefficient (Wildman–Crippen LogP) is 16.4. The smallest absolute Gasteiger partial charge is 0.306 e. The minimum Gasteiger partial charge on any atom is -0.462 e. The summed E-state index contributed by atoms with van der Waals surface area (Å²) in [5.74, 6) is -0.989. The molecule has 0 aliphatic carbocycles. The van der Waals surface area contributed by atoms with E-state index in [0.717, 1.165) is 109 Å². The van der Waals surface area contributed by atoms with E-state index in [9.17, 15) is 14.4 Å². The summed E-state index contributed by atoms with van der Waals surface area (Å²) in [6.45, 7) is 6.40. The number of hydrogen-bond donors (Lipinski definition) is 0. The number of allylic oxidation sites excluding steroid dienone is 14. The SMILES string of the molecule is CC/C=C\C/C=C\C/C=C\CCCCCCCC(=O)O[C@H](COC(=O)CCC/C=C\C/C=C\C/C=C\CCCCCCCC)COC(=O)CCCCCCC/C=C\CCCC. The summed E-state index contributed by atoms with van der Waals surface area (Å²) in [4.78, 5) is 37.9. The van der Waals surface area contributed by atoms with Gasteiger partial charge in [0.15, 0.2) is 6.10 Å². The van der Waals surface area contributed by atoms with Crippen molar-refractivity contribution in [1.82, 2.24) is 0 Å². The Morgan fingerprint density at radius 3 is 1.13 bits per heavy atom. The number of rotatable bonds is 44. The molecule has 0 aromatic rings. The molecule has 61 heavy (non-hydrogen) atoms. The summed E-state index contributed by atoms with van der Waals surface area (Å²) < 4.78 is 16.7. The van der Waals surface area contributed by atoms with Gasteiger partial charge in [0.05, 0.1) is 0 Å². The lowest BCUT2D eigenvalue weighted by Crippen LogP contribution is -2.30. The van der Waals surface area contributed by atoms with Crippen LogP contribution < -0.4 is 0 Å². The summed E-state index contributed by atoms with van der Waals surface area (Å²) >= 11 is 0. The van der Waals surface area contributed by atoms with Gasteiger partial charge in [-0.25, -0.2) is 0 Å². The number of unbranched alkanes of at least 4 members (excludes halogenated alkanes) is 19. The van der Waals surface area contributed by atoms with Gasteiger partial charge >= 0.3 is 17.9 Å². The minimum absolute atomic E-state index is 0.105. The van der Waals surface area contributed by atoms with Crippen LogP contribution in [0.3, 0.4) is 0 Å². The number of hydrogen-bond acceptors (Lipinski definition) is 6. The second kappa shape index (κ2) is 49.2. The van der Waals surface area contributed by atoms with Crippen LogP contribution in [-0.4, -0.2) is 37.2 Å². The second-order valence-corrected chi connectivity index (χ2v) is 16.3. The van der Waals surface area contributed by atoms with E-state index in [1.807, 2.05) is 0 Å². The molecule has 0 aromatic carbocycles. The Kier molecular flexibility index (Phi) is 46.5. The standard InChI is InChI=1S/C55H92O6/c1-4-7-10-13-16-19-22-24-26-27-29-30-33-36-39-42-45-48-54(57)60-51-52(50-59-53(56)47-44-41-38-35-32-21-18-15-12-9-6-3)61-55(58)49-46-43-40-37-34-31-28-25-23-20-17-14-11-8-5-2/h8,11,15,17-18,20,24-26,28-30,36,39,52H,4-7,9-10,12-14,16,19,21-23,27,31-35,37-38,40-51H2,1-3H3/b11-8-,18-15-,20-17-,26-24-,28-25-,30-29-,39-36-/t52-/m0/s1. The van der Waals surface area contributed by atoms with E-state index in [4.69, 9.17) is 14.2 Å². The Labute approximate surface area is 375 Å². The molecule has 6 heteroatoms. The van der Waals surface area contributed by atoms with Crippen LogP contribution >= 0.6 is 0 Å². The molecule has 0 amide bonds. The Hall–Kier alpha value is -3.41. The molecule has 0 N–H and O–H groups in total. The summed E-state index contributed by atoms with van der Waals surface area (Å²) in [6.07, 6.45) is 62.9. The number of esters is 3. The van der Waals surface area contributed by atoms with Crippen molar-refractivity contribution in [2.45, 2.75) is 232 Å². The van der Waals surface area contributed by atoms with Gasteiger partial charge in [-0.05, 0) is 103 Å². The highest BCUT2D eigenvalue weighted by Crippen LogP contribution is 2.13. The molecule has 6 nitrogen and oxygen atoms in total. The number of carbonyl (C=O) groups is 3. The second-order valence-electron chi connectivity index (χ2n) is 16.3. The van der Waals surface area contributed by atoms with E-state index >= 15 is 0 Å². The largest absolute Gasteiger partial charge is 0.462 e. The zero-order chi connectivity index (χ0) is 44.4. The van der Waals surface area contributed by atoms with E-state index in [-0.39, 0.29) is 37.5 Å². The molecular formula is C55H92O6. The van der Waals surface area contributed by atoms with Crippen LogP contribution in [0.1, 0.15) is 226 Å². The third-order valence-electron chi connectivity index (χ3n) is 10.4. The van der Waals surface area contributed by atoms with Gasteiger partial charge in [-0.2, -0.15) is 0 Å². The van der Waals surface area contributed by atoms with Gasteiger partial charge in [0.1, 0.15) is 13.2 Å². The van der Waals surface area contributed by atoms with Crippen molar-refractivity contribution in [2.75, 3.05) is 13.2 Å². The van der Waals surface area contributed by atoms with Gasteiger partial charge in [0, 0.05) is 19.3 Å². The maximum absolute atomic E-state index is 12.8. The average molecular weight is 849 g/mol. The highest BCUT2D eigenvalue weighted by Gasteiger charge is 2.19. The maximum Gasteiger partial charge on any atom is 0.306 e. The topological polar surface area (TPSA) is 78.9 Å². The van der Waals surface area contributed by atoms with Crippen molar-refractivity contribution in [3.05, 3.63) is 85.1 Å². The highest BCUT2D eigenvalue weighted by molar-refractivity contribution is 5.71. The first-order valence-corrected chi connectivity index (χ1v) is 25.1. The van der Waals surface area contributed by atoms with Crippen LogP contribution in [0.5, 0.6) is 0 Å². The van der Waals surface area contributed by atoms with Gasteiger partial charge in [-0.3, -0.25) is 14.4 Å². The molecule has 0 aromatic heterocycles. The predicted molar refractivity (Wildman–Crippen MR) is 261 cm³/mol. The molecule has 0 unspecified atom stereocenters. The molecule has 0 aliphatic heterocycles. The zero-order valence-corrected chi connectivity index (χ0v) is 39.7. The molecule has 0 spiro atoms. The van der Waals surface area contributed by atoms with E-state index < -0.39 is 6.10 Å². The molecule has 0 heterocycles. The van der Waals surface area contributed by atoms with Crippen molar-refractivity contribution in [3.63, 3.8) is 0 Å². The number of ether oxygens (including phenoxy) is 3. The van der Waals surface area contributed by atoms with Gasteiger partial charge in [0.2, 0.25) is 0 Å². The summed E-state index contributed by atoms with van der Waals surface area (Å²) in [5.41, 5.74) is 0. The van der Waals surface area contributed by atoms with Crippen molar-refractivity contribution in [2.24, 2.45) is 0 Å². The molecule has 0 fully saturated rings. The molecule has 0 aliphatic rings. The van der Waals surface area contributed by atoms with Gasteiger partial charge < -0.3 is 14.2 Å². The van der Waals surface area contributed by atoms with Gasteiger partial charge in [-0.1, -0.05) is 189 Å². The maximum atomic E-state index is 12.8. The molecule has 348 valence electrons. The first-order valence-electron chi connectivity index (χ1n) is 25.1. The van der Waals surface area contributed by atoms with Crippen LogP contribution in [-0.2, 0) is 28.6 Å². The van der Waals surface area contributed by atoms with Crippen LogP contribution in [0.2, 0.25) is 0 Å². The first-order chi connectivity index (χ1) is 30.0. The van der Waals surface area contributed by atoms with Gasteiger partial charge in [0.25, 0.3) is 0 Å². The molecule has 0 rings (SSSR count). The normalized spacial score (nSPS) is 12.8. The quantitative estimate of drug-likeness (QED) is 0.0263. The minimum atomic E-state index is -0.808. The Balaban J connectivity index is 4.49. The lowest BCUT2D eigenvalue weighted by atomic mass is 10.1. The third-order valence-corrected chi connectivity index (χ3v) is 10.4. The monoisotopic (exact) mass is 849 g/mol. The fourth-order valence-electron chi connectivity index (χ4n) is 6.57. The molecule has 0 saturated carbocycles. The van der Waals surface area contributed by atoms with Crippen LogP contribution in [0, 0.1) is 0 Å². The summed E-state index contributed by atoms with van der Waals surface area (Å²) in [5, 5.41) is 0. The first kappa shape index (κ1) is 57.6. The molecule has 0 saturated heterocycles. The lowest BCUT2D eigenvalue weighted by Gasteiger charge is -2.18. The Bertz CT molecular complexity index is 1200. The van der Waals surface area contributed by atoms with E-state index in [1.165, 1.54) is 70.6 Å². The molecule has 0 radical (unpaired) electrons. The fraction of sp³-hybridized carbons (Fsp3) is 0.691. The fourth-order valence-corrected chi connectivity index (χ4v) is 6.57. The highest BCUT2D eigenvalue weighted by atomic mass is 16.6. The third kappa shape index (κ3) is 47.5. The molecule has 0 bridgehead atoms. The van der Waals surface area contributed by atoms with Crippen molar-refractivity contribution in [3.8, 4) is 0 Å². The van der Waals surface area contributed by atoms with Crippen molar-refractivity contribution < 1.29 is 28.6 Å². The summed E-state index contributed by atoms with van der Waals surface area (Å²) in [7, 11) is 0. The van der Waals surface area contributed by atoms with Gasteiger partial charge in [-0.15, -0.1) is 0 Å². The van der Waals surface area contributed by atoms with Crippen molar-refractivity contribution >= 4 is 17.9 Å². The zero-order valence-electron chi connectivity index (χ0n) is 39.7. The van der Waals surface area contributed by atoms with E-state index in [1.54, 1.807) is 0 Å². The summed E-state index contributed by atoms with van der Waals surface area (Å²) in [6, 6.07) is 0. The van der Waals surface area contributed by atoms with E-state index in [2.05, 4.69) is 106 Å². The molecular weight excluding hydrogens is 757 g/mol. The lowest BCUT2D eigenvalue weighted by molar-refractivity contribution is -0.167. The van der Waals surface area contributed by atoms with E-state index in [0.29, 0.717) is 19.3 Å². The Morgan fingerprint density at radius 1 is 0.344 bits per heavy atom. The molecule has 1 atom stereocenters. The number of carbonyl (C=O) groups excluding carboxylic acids is 3. The van der Waals surface area contributed by atoms with Crippen LogP contribution in [0.25, 0.3) is 0 Å². The van der Waals surface area contributed by atoms with Crippen LogP contribution in [0.15, 0.2) is 85.1 Å². The average Bonchev–Trinajstić information content (AvgIpc) is 3.26. The Morgan fingerprint density at radius 2 is 0.672 bits per heavy atom.